The predicted octanol–water partition coefficient (Wildman–Crippen LogP) is 1.61. The van der Waals surface area contributed by atoms with Crippen molar-refractivity contribution in [2.24, 2.45) is 0 Å². The van der Waals surface area contributed by atoms with Crippen LogP contribution < -0.4 is 10.6 Å². The number of halogens is 1. The number of carbonyl (C=O) groups excluding carboxylic acids is 3. The van der Waals surface area contributed by atoms with E-state index < -0.39 is 35.7 Å². The molecule has 0 radical (unpaired) electrons. The predicted molar refractivity (Wildman–Crippen MR) is 95.7 cm³/mol. The largest absolute Gasteiger partial charge is 0.467 e. The lowest BCUT2D eigenvalue weighted by Gasteiger charge is -2.22. The maximum atomic E-state index is 13.0. The molecule has 2 N–H and O–H groups in total. The highest BCUT2D eigenvalue weighted by Crippen LogP contribution is 2.09. The van der Waals surface area contributed by atoms with E-state index in [1.54, 1.807) is 0 Å². The number of carbonyl (C=O) groups is 3. The highest BCUT2D eigenvalue weighted by Gasteiger charge is 2.26. The Balaban J connectivity index is 2.81. The molecule has 1 aromatic carbocycles. The third-order valence-corrected chi connectivity index (χ3v) is 3.88. The first-order valence-electron chi connectivity index (χ1n) is 8.64. The number of benzene rings is 1. The molecule has 0 aliphatic carbocycles. The lowest BCUT2D eigenvalue weighted by atomic mass is 10.0. The first-order valence-corrected chi connectivity index (χ1v) is 8.64. The molecule has 0 aromatic heterocycles. The summed E-state index contributed by atoms with van der Waals surface area (Å²) in [6, 6.07) is 5.82. The summed E-state index contributed by atoms with van der Waals surface area (Å²) < 4.78 is 17.8. The smallest absolute Gasteiger partial charge is 0.328 e. The van der Waals surface area contributed by atoms with Gasteiger partial charge in [-0.15, -0.1) is 0 Å². The summed E-state index contributed by atoms with van der Waals surface area (Å²) in [6.45, 7) is 1.28. The van der Waals surface area contributed by atoms with Crippen molar-refractivity contribution in [3.05, 3.63) is 35.6 Å². The molecule has 0 fully saturated rings. The number of methoxy groups -OCH3 is 1. The monoisotopic (exact) mass is 377 g/mol. The van der Waals surface area contributed by atoms with E-state index in [2.05, 4.69) is 10.6 Å². The molecule has 0 aliphatic heterocycles. The van der Waals surface area contributed by atoms with Crippen LogP contribution in [-0.4, -0.2) is 37.0 Å². The average molecular weight is 377 g/mol. The maximum Gasteiger partial charge on any atom is 0.328 e. The van der Waals surface area contributed by atoms with Crippen molar-refractivity contribution in [2.75, 3.05) is 7.11 Å². The van der Waals surface area contributed by atoms with Crippen molar-refractivity contribution in [1.82, 2.24) is 10.6 Å². The Morgan fingerprint density at radius 1 is 1.15 bits per heavy atom. The van der Waals surface area contributed by atoms with Gasteiger partial charge in [-0.05, 0) is 37.0 Å². The maximum absolute atomic E-state index is 13.0. The molecule has 8 heteroatoms. The average Bonchev–Trinajstić information content (AvgIpc) is 2.64. The van der Waals surface area contributed by atoms with E-state index in [1.807, 2.05) is 6.07 Å². The third-order valence-electron chi connectivity index (χ3n) is 3.88. The van der Waals surface area contributed by atoms with Crippen LogP contribution in [0.4, 0.5) is 4.39 Å². The number of unbranched alkanes of at least 4 members (excludes halogenated alkanes) is 2. The quantitative estimate of drug-likeness (QED) is 0.476. The molecule has 0 bridgehead atoms. The number of rotatable bonds is 10. The summed E-state index contributed by atoms with van der Waals surface area (Å²) in [4.78, 5) is 36.0. The molecule has 0 spiro atoms. The summed E-state index contributed by atoms with van der Waals surface area (Å²) >= 11 is 0. The Morgan fingerprint density at radius 3 is 2.37 bits per heavy atom. The van der Waals surface area contributed by atoms with E-state index in [1.165, 1.54) is 38.3 Å². The molecule has 27 heavy (non-hydrogen) atoms. The highest BCUT2D eigenvalue weighted by atomic mass is 19.1. The lowest BCUT2D eigenvalue weighted by molar-refractivity contribution is -0.145. The van der Waals surface area contributed by atoms with E-state index >= 15 is 0 Å². The topological polar surface area (TPSA) is 108 Å². The van der Waals surface area contributed by atoms with Gasteiger partial charge >= 0.3 is 5.97 Å². The zero-order valence-corrected chi connectivity index (χ0v) is 15.5. The van der Waals surface area contributed by atoms with E-state index in [9.17, 15) is 18.8 Å². The van der Waals surface area contributed by atoms with Crippen LogP contribution in [0.5, 0.6) is 0 Å². The molecule has 2 atom stereocenters. The second-order valence-electron chi connectivity index (χ2n) is 6.07. The van der Waals surface area contributed by atoms with Gasteiger partial charge in [0.2, 0.25) is 11.8 Å². The first kappa shape index (κ1) is 22.1. The molecule has 1 rings (SSSR count). The Labute approximate surface area is 157 Å². The standard InChI is InChI=1S/C19H24FN3O4/c1-13(24)22-17(12-14-7-9-15(20)10-8-14)18(25)23-16(19(26)27-2)6-4-3-5-11-21/h7-10,16-17H,3-6,12H2,1-2H3,(H,22,24)(H,23,25)/t16-,17-/m0/s1. The molecule has 0 aliphatic rings. The van der Waals surface area contributed by atoms with E-state index in [-0.39, 0.29) is 6.42 Å². The highest BCUT2D eigenvalue weighted by molar-refractivity contribution is 5.90. The Morgan fingerprint density at radius 2 is 1.81 bits per heavy atom. The van der Waals surface area contributed by atoms with Crippen molar-refractivity contribution in [1.29, 1.82) is 5.26 Å². The lowest BCUT2D eigenvalue weighted by Crippen LogP contribution is -2.52. The minimum absolute atomic E-state index is 0.147. The summed E-state index contributed by atoms with van der Waals surface area (Å²) in [6.07, 6.45) is 2.00. The number of esters is 1. The number of nitriles is 1. The molecule has 0 heterocycles. The fraction of sp³-hybridized carbons (Fsp3) is 0.474. The van der Waals surface area contributed by atoms with Gasteiger partial charge in [0.05, 0.1) is 13.2 Å². The van der Waals surface area contributed by atoms with Gasteiger partial charge in [-0.3, -0.25) is 9.59 Å². The summed E-state index contributed by atoms with van der Waals surface area (Å²) in [5.74, 6) is -1.93. The van der Waals surface area contributed by atoms with Crippen LogP contribution in [0.3, 0.4) is 0 Å². The van der Waals surface area contributed by atoms with Gasteiger partial charge in [-0.1, -0.05) is 12.1 Å². The van der Waals surface area contributed by atoms with Gasteiger partial charge < -0.3 is 15.4 Å². The number of nitrogens with one attached hydrogen (secondary N) is 2. The first-order chi connectivity index (χ1) is 12.9. The van der Waals surface area contributed by atoms with E-state index in [0.29, 0.717) is 31.2 Å². The Kier molecular flexibility index (Phi) is 9.51. The van der Waals surface area contributed by atoms with Crippen LogP contribution in [-0.2, 0) is 25.5 Å². The van der Waals surface area contributed by atoms with E-state index in [0.717, 1.165) is 0 Å². The van der Waals surface area contributed by atoms with Crippen molar-refractivity contribution < 1.29 is 23.5 Å². The van der Waals surface area contributed by atoms with E-state index in [4.69, 9.17) is 10.00 Å². The Bertz CT molecular complexity index is 685. The van der Waals surface area contributed by atoms with Crippen LogP contribution in [0.25, 0.3) is 0 Å². The van der Waals surface area contributed by atoms with Crippen LogP contribution in [0.2, 0.25) is 0 Å². The van der Waals surface area contributed by atoms with Crippen molar-refractivity contribution >= 4 is 17.8 Å². The summed E-state index contributed by atoms with van der Waals surface area (Å²) in [5.41, 5.74) is 0.661. The van der Waals surface area contributed by atoms with Crippen LogP contribution in [0.15, 0.2) is 24.3 Å². The summed E-state index contributed by atoms with van der Waals surface area (Å²) in [7, 11) is 1.22. The fourth-order valence-corrected chi connectivity index (χ4v) is 2.53. The van der Waals surface area contributed by atoms with Crippen LogP contribution in [0, 0.1) is 17.1 Å². The molecule has 0 unspecified atom stereocenters. The second-order valence-corrected chi connectivity index (χ2v) is 6.07. The number of hydrogen-bond acceptors (Lipinski definition) is 5. The van der Waals surface area contributed by atoms with Crippen molar-refractivity contribution in [2.45, 2.75) is 51.1 Å². The molecule has 0 saturated heterocycles. The van der Waals surface area contributed by atoms with Gasteiger partial charge in [0.15, 0.2) is 0 Å². The number of amides is 2. The van der Waals surface area contributed by atoms with Gasteiger partial charge in [-0.25, -0.2) is 9.18 Å². The van der Waals surface area contributed by atoms with Crippen molar-refractivity contribution in [3.8, 4) is 6.07 Å². The number of hydrogen-bond donors (Lipinski definition) is 2. The molecular weight excluding hydrogens is 353 g/mol. The van der Waals surface area contributed by atoms with Gasteiger partial charge in [-0.2, -0.15) is 5.26 Å². The Hall–Kier alpha value is -2.95. The molecular formula is C19H24FN3O4. The molecule has 7 nitrogen and oxygen atoms in total. The second kappa shape index (κ2) is 11.6. The van der Waals surface area contributed by atoms with Gasteiger partial charge in [0.1, 0.15) is 17.9 Å². The fourth-order valence-electron chi connectivity index (χ4n) is 2.53. The zero-order chi connectivity index (χ0) is 20.2. The minimum Gasteiger partial charge on any atom is -0.467 e. The van der Waals surface area contributed by atoms with Crippen LogP contribution >= 0.6 is 0 Å². The normalized spacial score (nSPS) is 12.4. The van der Waals surface area contributed by atoms with Gasteiger partial charge in [0.25, 0.3) is 0 Å². The SMILES string of the molecule is COC(=O)[C@H](CCCCC#N)NC(=O)[C@H](Cc1ccc(F)cc1)NC(C)=O. The molecule has 146 valence electrons. The summed E-state index contributed by atoms with van der Waals surface area (Å²) in [5, 5.41) is 13.7. The van der Waals surface area contributed by atoms with Gasteiger partial charge in [0, 0.05) is 19.8 Å². The van der Waals surface area contributed by atoms with Crippen LogP contribution in [0.1, 0.15) is 38.2 Å². The third kappa shape index (κ3) is 8.31. The van der Waals surface area contributed by atoms with Crippen molar-refractivity contribution in [3.63, 3.8) is 0 Å². The molecule has 0 saturated carbocycles. The molecule has 2 amide bonds. The number of nitrogens with zero attached hydrogens (tertiary/aromatic N) is 1. The number of ether oxygens (including phenoxy) is 1. The zero-order valence-electron chi connectivity index (χ0n) is 15.5. The molecule has 1 aromatic rings. The minimum atomic E-state index is -0.917.